The van der Waals surface area contributed by atoms with Gasteiger partial charge in [-0.1, -0.05) is 13.8 Å². The summed E-state index contributed by atoms with van der Waals surface area (Å²) in [5.74, 6) is 0.445. The first-order chi connectivity index (χ1) is 8.49. The normalized spacial score (nSPS) is 10.7. The molecule has 0 bridgehead atoms. The molecule has 0 aliphatic heterocycles. The Bertz CT molecular complexity index is 419. The van der Waals surface area contributed by atoms with E-state index in [1.165, 1.54) is 0 Å². The zero-order valence-corrected chi connectivity index (χ0v) is 11.2. The number of aliphatic hydroxyl groups excluding tert-OH is 1. The Morgan fingerprint density at radius 1 is 1.50 bits per heavy atom. The van der Waals surface area contributed by atoms with Crippen LogP contribution >= 0.6 is 0 Å². The highest BCUT2D eigenvalue weighted by Gasteiger charge is 2.16. The van der Waals surface area contributed by atoms with Crippen molar-refractivity contribution in [2.24, 2.45) is 0 Å². The predicted molar refractivity (Wildman–Crippen MR) is 71.4 cm³/mol. The maximum absolute atomic E-state index is 12.2. The third-order valence-electron chi connectivity index (χ3n) is 2.74. The summed E-state index contributed by atoms with van der Waals surface area (Å²) in [5, 5.41) is 8.93. The minimum absolute atomic E-state index is 0.0445. The minimum atomic E-state index is -0.123. The van der Waals surface area contributed by atoms with Gasteiger partial charge in [-0.3, -0.25) is 4.79 Å². The first-order valence-corrected chi connectivity index (χ1v) is 6.17. The molecule has 0 unspecified atom stereocenters. The van der Waals surface area contributed by atoms with Gasteiger partial charge in [0.15, 0.2) is 0 Å². The molecule has 0 aliphatic rings. The lowest BCUT2D eigenvalue weighted by atomic mass is 10.1. The highest BCUT2D eigenvalue weighted by Crippen LogP contribution is 2.17. The number of carbonyl (C=O) groups excluding carboxylic acids is 1. The molecule has 1 amide bonds. The van der Waals surface area contributed by atoms with Gasteiger partial charge in [-0.25, -0.2) is 4.98 Å². The quantitative estimate of drug-likeness (QED) is 0.825. The first-order valence-electron chi connectivity index (χ1n) is 6.17. The second-order valence-corrected chi connectivity index (χ2v) is 4.47. The lowest BCUT2D eigenvalue weighted by Crippen LogP contribution is -2.33. The summed E-state index contributed by atoms with van der Waals surface area (Å²) in [6.45, 7) is 6.72. The molecule has 0 aliphatic carbocycles. The van der Waals surface area contributed by atoms with Crippen molar-refractivity contribution in [2.45, 2.75) is 26.7 Å². The van der Waals surface area contributed by atoms with Gasteiger partial charge in [0.1, 0.15) is 5.82 Å². The summed E-state index contributed by atoms with van der Waals surface area (Å²) < 4.78 is 0. The highest BCUT2D eigenvalue weighted by atomic mass is 16.3. The van der Waals surface area contributed by atoms with Gasteiger partial charge in [0.05, 0.1) is 6.61 Å². The molecule has 0 saturated heterocycles. The van der Waals surface area contributed by atoms with Gasteiger partial charge in [-0.2, -0.15) is 0 Å². The van der Waals surface area contributed by atoms with Crippen LogP contribution in [0.4, 0.5) is 5.82 Å². The number of aliphatic hydroxyl groups is 1. The average molecular weight is 251 g/mol. The van der Waals surface area contributed by atoms with E-state index in [0.29, 0.717) is 24.5 Å². The Labute approximate surface area is 108 Å². The number of nitrogens with two attached hydrogens (primary N) is 1. The number of hydrogen-bond acceptors (Lipinski definition) is 4. The zero-order chi connectivity index (χ0) is 13.7. The fourth-order valence-electron chi connectivity index (χ4n) is 1.70. The van der Waals surface area contributed by atoms with Gasteiger partial charge in [0.2, 0.25) is 0 Å². The van der Waals surface area contributed by atoms with Crippen LogP contribution in [0.5, 0.6) is 0 Å². The monoisotopic (exact) mass is 251 g/mol. The van der Waals surface area contributed by atoms with Crippen molar-refractivity contribution < 1.29 is 9.90 Å². The van der Waals surface area contributed by atoms with Crippen LogP contribution in [-0.2, 0) is 0 Å². The third kappa shape index (κ3) is 3.43. The van der Waals surface area contributed by atoms with E-state index >= 15 is 0 Å². The Morgan fingerprint density at radius 2 is 2.17 bits per heavy atom. The molecule has 1 rings (SSSR count). The molecule has 0 aromatic carbocycles. The number of aromatic nitrogens is 1. The fourth-order valence-corrected chi connectivity index (χ4v) is 1.70. The molecule has 0 fully saturated rings. The van der Waals surface area contributed by atoms with Crippen molar-refractivity contribution in [3.05, 3.63) is 23.4 Å². The summed E-state index contributed by atoms with van der Waals surface area (Å²) in [6.07, 6.45) is 0. The largest absolute Gasteiger partial charge is 0.395 e. The number of pyridine rings is 1. The maximum atomic E-state index is 12.2. The summed E-state index contributed by atoms with van der Waals surface area (Å²) in [5.41, 5.74) is 7.05. The van der Waals surface area contributed by atoms with Gasteiger partial charge < -0.3 is 15.7 Å². The Kier molecular flexibility index (Phi) is 5.09. The molecule has 0 atom stereocenters. The van der Waals surface area contributed by atoms with Crippen molar-refractivity contribution in [2.75, 3.05) is 25.4 Å². The molecule has 5 nitrogen and oxygen atoms in total. The van der Waals surface area contributed by atoms with Gasteiger partial charge in [-0.15, -0.1) is 0 Å². The van der Waals surface area contributed by atoms with Gasteiger partial charge in [0, 0.05) is 24.3 Å². The van der Waals surface area contributed by atoms with Crippen LogP contribution in [0.2, 0.25) is 0 Å². The topological polar surface area (TPSA) is 79.5 Å². The molecule has 0 radical (unpaired) electrons. The number of likely N-dealkylation sites (N-methyl/N-ethyl adjacent to an activating group) is 1. The van der Waals surface area contributed by atoms with E-state index < -0.39 is 0 Å². The second-order valence-electron chi connectivity index (χ2n) is 4.47. The number of nitrogens with zero attached hydrogens (tertiary/aromatic N) is 2. The van der Waals surface area contributed by atoms with Crippen molar-refractivity contribution in [1.29, 1.82) is 0 Å². The van der Waals surface area contributed by atoms with E-state index in [0.717, 1.165) is 5.69 Å². The highest BCUT2D eigenvalue weighted by molar-refractivity contribution is 5.95. The molecule has 1 aromatic heterocycles. The number of rotatable bonds is 5. The molecule has 0 saturated carbocycles. The van der Waals surface area contributed by atoms with Crippen LogP contribution in [0.3, 0.4) is 0 Å². The maximum Gasteiger partial charge on any atom is 0.254 e. The van der Waals surface area contributed by atoms with Crippen molar-refractivity contribution in [3.63, 3.8) is 0 Å². The zero-order valence-electron chi connectivity index (χ0n) is 11.2. The van der Waals surface area contributed by atoms with Gasteiger partial charge >= 0.3 is 0 Å². The lowest BCUT2D eigenvalue weighted by Gasteiger charge is -2.20. The number of nitrogen functional groups attached to an aromatic ring is 1. The molecule has 1 aromatic rings. The van der Waals surface area contributed by atoms with Crippen molar-refractivity contribution >= 4 is 11.7 Å². The van der Waals surface area contributed by atoms with Gasteiger partial charge in [0.25, 0.3) is 5.91 Å². The second kappa shape index (κ2) is 6.35. The molecule has 18 heavy (non-hydrogen) atoms. The summed E-state index contributed by atoms with van der Waals surface area (Å²) in [7, 11) is 0. The number of carbonyl (C=O) groups is 1. The number of hydrogen-bond donors (Lipinski definition) is 2. The molecular weight excluding hydrogens is 230 g/mol. The minimum Gasteiger partial charge on any atom is -0.395 e. The van der Waals surface area contributed by atoms with Crippen LogP contribution in [0.1, 0.15) is 42.7 Å². The standard InChI is InChI=1S/C13H21N3O2/c1-4-16(5-6-17)13(18)10-7-11(9(2)3)15-12(14)8-10/h7-9,17H,4-6H2,1-3H3,(H2,14,15). The Balaban J connectivity index is 3.04. The van der Waals surface area contributed by atoms with Crippen LogP contribution in [-0.4, -0.2) is 40.6 Å². The van der Waals surface area contributed by atoms with E-state index in [9.17, 15) is 4.79 Å². The van der Waals surface area contributed by atoms with E-state index in [4.69, 9.17) is 10.8 Å². The molecule has 5 heteroatoms. The van der Waals surface area contributed by atoms with Crippen LogP contribution in [0, 0.1) is 0 Å². The first kappa shape index (κ1) is 14.4. The molecule has 1 heterocycles. The van der Waals surface area contributed by atoms with Crippen molar-refractivity contribution in [3.8, 4) is 0 Å². The van der Waals surface area contributed by atoms with E-state index in [1.54, 1.807) is 17.0 Å². The van der Waals surface area contributed by atoms with E-state index in [2.05, 4.69) is 4.98 Å². The smallest absolute Gasteiger partial charge is 0.254 e. The summed E-state index contributed by atoms with van der Waals surface area (Å²) in [4.78, 5) is 18.0. The number of amides is 1. The average Bonchev–Trinajstić information content (AvgIpc) is 2.34. The Morgan fingerprint density at radius 3 is 2.67 bits per heavy atom. The van der Waals surface area contributed by atoms with Crippen LogP contribution in [0.15, 0.2) is 12.1 Å². The van der Waals surface area contributed by atoms with Crippen LogP contribution in [0.25, 0.3) is 0 Å². The summed E-state index contributed by atoms with van der Waals surface area (Å²) in [6, 6.07) is 3.34. The van der Waals surface area contributed by atoms with Crippen LogP contribution < -0.4 is 5.73 Å². The van der Waals surface area contributed by atoms with Crippen molar-refractivity contribution in [1.82, 2.24) is 9.88 Å². The molecule has 3 N–H and O–H groups in total. The Hall–Kier alpha value is -1.62. The van der Waals surface area contributed by atoms with Gasteiger partial charge in [-0.05, 0) is 25.0 Å². The van der Waals surface area contributed by atoms with E-state index in [1.807, 2.05) is 20.8 Å². The van der Waals surface area contributed by atoms with E-state index in [-0.39, 0.29) is 18.4 Å². The predicted octanol–water partition coefficient (Wildman–Crippen LogP) is 1.24. The fraction of sp³-hybridized carbons (Fsp3) is 0.538. The molecule has 0 spiro atoms. The number of anilines is 1. The third-order valence-corrected chi connectivity index (χ3v) is 2.74. The summed E-state index contributed by atoms with van der Waals surface area (Å²) >= 11 is 0. The molecule has 100 valence electrons. The molecular formula is C13H21N3O2. The lowest BCUT2D eigenvalue weighted by molar-refractivity contribution is 0.0732. The SMILES string of the molecule is CCN(CCO)C(=O)c1cc(N)nc(C(C)C)c1.